The Bertz CT molecular complexity index is 1300. The number of phenolic OH excluding ortho intramolecular Hbond substituents is 1. The van der Waals surface area contributed by atoms with Crippen molar-refractivity contribution >= 4 is 17.9 Å². The van der Waals surface area contributed by atoms with E-state index in [0.717, 1.165) is 10.5 Å². The summed E-state index contributed by atoms with van der Waals surface area (Å²) in [5.74, 6) is -1.08. The number of alkyl carbamates (subject to hydrolysis) is 1. The highest BCUT2D eigenvalue weighted by Crippen LogP contribution is 2.23. The Morgan fingerprint density at radius 3 is 2.08 bits per heavy atom. The number of aromatic hydroxyl groups is 1. The van der Waals surface area contributed by atoms with E-state index in [4.69, 9.17) is 11.2 Å². The molecule has 0 heterocycles. The minimum absolute atomic E-state index is 0.0453. The average molecular weight is 528 g/mol. The lowest BCUT2D eigenvalue weighted by molar-refractivity contribution is -0.138. The number of terminal acetylenes is 1. The van der Waals surface area contributed by atoms with Crippen molar-refractivity contribution in [1.82, 2.24) is 15.5 Å². The lowest BCUT2D eigenvalue weighted by atomic mass is 10.0. The van der Waals surface area contributed by atoms with E-state index in [-0.39, 0.29) is 18.7 Å². The molecule has 3 aromatic carbocycles. The minimum Gasteiger partial charge on any atom is -0.508 e. The van der Waals surface area contributed by atoms with E-state index in [1.807, 2.05) is 30.3 Å². The van der Waals surface area contributed by atoms with Gasteiger partial charge >= 0.3 is 6.09 Å². The zero-order chi connectivity index (χ0) is 28.4. The fourth-order valence-electron chi connectivity index (χ4n) is 3.89. The van der Waals surface area contributed by atoms with Crippen molar-refractivity contribution in [3.05, 3.63) is 102 Å². The average Bonchev–Trinajstić information content (AvgIpc) is 2.91. The molecule has 3 rings (SSSR count). The zero-order valence-electron chi connectivity index (χ0n) is 22.3. The van der Waals surface area contributed by atoms with Gasteiger partial charge in [-0.15, -0.1) is 0 Å². The first-order valence-corrected chi connectivity index (χ1v) is 12.5. The molecule has 8 nitrogen and oxygen atoms in total. The zero-order valence-corrected chi connectivity index (χ0v) is 22.3. The van der Waals surface area contributed by atoms with Gasteiger partial charge in [0.05, 0.1) is 0 Å². The van der Waals surface area contributed by atoms with Crippen LogP contribution in [-0.2, 0) is 27.3 Å². The molecule has 3 aromatic rings. The van der Waals surface area contributed by atoms with E-state index in [0.29, 0.717) is 11.1 Å². The third kappa shape index (κ3) is 8.64. The second-order valence-corrected chi connectivity index (χ2v) is 9.92. The van der Waals surface area contributed by atoms with Crippen molar-refractivity contribution < 1.29 is 24.2 Å². The Morgan fingerprint density at radius 1 is 0.923 bits per heavy atom. The van der Waals surface area contributed by atoms with E-state index in [1.165, 1.54) is 12.1 Å². The maximum absolute atomic E-state index is 13.9. The molecule has 202 valence electrons. The van der Waals surface area contributed by atoms with E-state index in [1.54, 1.807) is 63.2 Å². The lowest BCUT2D eigenvalue weighted by Crippen LogP contribution is -2.52. The van der Waals surface area contributed by atoms with Gasteiger partial charge in [-0.05, 0) is 49.6 Å². The SMILES string of the molecule is C#CN(C(=O)C(Cc1ccc(O)cc1)NC(=O)OC(C)(C)C)C(C(=O)NCc1ccccc1)c1ccccc1. The third-order valence-corrected chi connectivity index (χ3v) is 5.67. The van der Waals surface area contributed by atoms with Crippen molar-refractivity contribution in [3.63, 3.8) is 0 Å². The molecular formula is C31H33N3O5. The fraction of sp³-hybridized carbons (Fsp3) is 0.258. The third-order valence-electron chi connectivity index (χ3n) is 5.67. The molecular weight excluding hydrogens is 494 g/mol. The summed E-state index contributed by atoms with van der Waals surface area (Å²) >= 11 is 0. The molecule has 0 aliphatic heterocycles. The molecule has 8 heteroatoms. The predicted molar refractivity (Wildman–Crippen MR) is 148 cm³/mol. The fourth-order valence-corrected chi connectivity index (χ4v) is 3.89. The Balaban J connectivity index is 1.93. The number of nitrogens with zero attached hydrogens (tertiary/aromatic N) is 1. The summed E-state index contributed by atoms with van der Waals surface area (Å²) in [6.45, 7) is 5.36. The van der Waals surface area contributed by atoms with Gasteiger partial charge in [-0.1, -0.05) is 79.2 Å². The van der Waals surface area contributed by atoms with E-state index < -0.39 is 35.6 Å². The van der Waals surface area contributed by atoms with Gasteiger partial charge in [0.15, 0.2) is 0 Å². The molecule has 0 fully saturated rings. The summed E-state index contributed by atoms with van der Waals surface area (Å²) in [6, 6.07) is 24.3. The van der Waals surface area contributed by atoms with Crippen molar-refractivity contribution in [2.24, 2.45) is 0 Å². The summed E-state index contributed by atoms with van der Waals surface area (Å²) in [4.78, 5) is 41.1. The number of phenols is 1. The summed E-state index contributed by atoms with van der Waals surface area (Å²) in [5.41, 5.74) is 1.25. The van der Waals surface area contributed by atoms with Gasteiger partial charge in [0.25, 0.3) is 5.91 Å². The standard InChI is InChI=1S/C31H33N3O5/c1-5-34(27(24-14-10-7-11-15-24)28(36)32-21-23-12-8-6-9-13-23)29(37)26(33-30(38)39-31(2,3)4)20-22-16-18-25(35)19-17-22/h1,6-19,26-27,35H,20-21H2,2-4H3,(H,32,36)(H,33,38). The van der Waals surface area contributed by atoms with E-state index >= 15 is 0 Å². The van der Waals surface area contributed by atoms with Crippen LogP contribution in [0.3, 0.4) is 0 Å². The first-order chi connectivity index (χ1) is 18.6. The lowest BCUT2D eigenvalue weighted by Gasteiger charge is -2.30. The quantitative estimate of drug-likeness (QED) is 0.284. The maximum atomic E-state index is 13.9. The second kappa shape index (κ2) is 13.2. The predicted octanol–water partition coefficient (Wildman–Crippen LogP) is 4.31. The van der Waals surface area contributed by atoms with Gasteiger partial charge in [-0.25, -0.2) is 4.79 Å². The van der Waals surface area contributed by atoms with Gasteiger partial charge in [0.1, 0.15) is 23.4 Å². The van der Waals surface area contributed by atoms with Gasteiger partial charge in [-0.3, -0.25) is 14.5 Å². The maximum Gasteiger partial charge on any atom is 0.408 e. The van der Waals surface area contributed by atoms with Gasteiger partial charge < -0.3 is 20.5 Å². The first kappa shape index (κ1) is 28.8. The Morgan fingerprint density at radius 2 is 1.51 bits per heavy atom. The van der Waals surface area contributed by atoms with Crippen LogP contribution in [0.1, 0.15) is 43.5 Å². The Kier molecular flexibility index (Phi) is 9.71. The van der Waals surface area contributed by atoms with Crippen LogP contribution in [0.4, 0.5) is 4.79 Å². The number of hydrogen-bond acceptors (Lipinski definition) is 5. The highest BCUT2D eigenvalue weighted by atomic mass is 16.6. The van der Waals surface area contributed by atoms with Crippen LogP contribution >= 0.6 is 0 Å². The molecule has 0 radical (unpaired) electrons. The normalized spacial score (nSPS) is 12.4. The van der Waals surface area contributed by atoms with Gasteiger partial charge in [0, 0.05) is 19.0 Å². The molecule has 2 unspecified atom stereocenters. The van der Waals surface area contributed by atoms with Crippen molar-refractivity contribution in [2.45, 2.75) is 51.4 Å². The van der Waals surface area contributed by atoms with Gasteiger partial charge in [0.2, 0.25) is 5.91 Å². The summed E-state index contributed by atoms with van der Waals surface area (Å²) in [5, 5.41) is 15.1. The number of carbonyl (C=O) groups is 3. The smallest absolute Gasteiger partial charge is 0.408 e. The van der Waals surface area contributed by atoms with Crippen LogP contribution in [0.5, 0.6) is 5.75 Å². The molecule has 2 atom stereocenters. The molecule has 0 aromatic heterocycles. The summed E-state index contributed by atoms with van der Waals surface area (Å²) in [6.07, 6.45) is 5.08. The van der Waals surface area contributed by atoms with Crippen LogP contribution in [0.25, 0.3) is 0 Å². The number of ether oxygens (including phenoxy) is 1. The van der Waals surface area contributed by atoms with Crippen molar-refractivity contribution in [2.75, 3.05) is 0 Å². The number of nitrogens with one attached hydrogen (secondary N) is 2. The van der Waals surface area contributed by atoms with Crippen LogP contribution < -0.4 is 10.6 Å². The van der Waals surface area contributed by atoms with Crippen LogP contribution in [-0.4, -0.2) is 39.6 Å². The molecule has 3 N–H and O–H groups in total. The number of hydrogen-bond donors (Lipinski definition) is 3. The largest absolute Gasteiger partial charge is 0.508 e. The van der Waals surface area contributed by atoms with Crippen LogP contribution in [0.15, 0.2) is 84.9 Å². The molecule has 0 spiro atoms. The molecule has 0 saturated heterocycles. The molecule has 0 saturated carbocycles. The molecule has 0 bridgehead atoms. The number of benzene rings is 3. The van der Waals surface area contributed by atoms with E-state index in [9.17, 15) is 19.5 Å². The van der Waals surface area contributed by atoms with Crippen LogP contribution in [0.2, 0.25) is 0 Å². The summed E-state index contributed by atoms with van der Waals surface area (Å²) < 4.78 is 5.38. The Hall–Kier alpha value is -4.77. The molecule has 0 aliphatic carbocycles. The molecule has 39 heavy (non-hydrogen) atoms. The highest BCUT2D eigenvalue weighted by molar-refractivity contribution is 5.93. The second-order valence-electron chi connectivity index (χ2n) is 9.92. The topological polar surface area (TPSA) is 108 Å². The molecule has 3 amide bonds. The van der Waals surface area contributed by atoms with Crippen LogP contribution in [0, 0.1) is 12.5 Å². The Labute approximate surface area is 229 Å². The van der Waals surface area contributed by atoms with Crippen molar-refractivity contribution in [1.29, 1.82) is 0 Å². The monoisotopic (exact) mass is 527 g/mol. The number of rotatable bonds is 9. The number of carbonyl (C=O) groups excluding carboxylic acids is 3. The summed E-state index contributed by atoms with van der Waals surface area (Å²) in [7, 11) is 0. The van der Waals surface area contributed by atoms with Gasteiger partial charge in [-0.2, -0.15) is 0 Å². The minimum atomic E-state index is -1.16. The number of amides is 3. The van der Waals surface area contributed by atoms with E-state index in [2.05, 4.69) is 16.7 Å². The molecule has 0 aliphatic rings. The highest BCUT2D eigenvalue weighted by Gasteiger charge is 2.36. The van der Waals surface area contributed by atoms with Crippen molar-refractivity contribution in [3.8, 4) is 18.2 Å². The first-order valence-electron chi connectivity index (χ1n) is 12.5.